The smallest absolute Gasteiger partial charge is 0.106 e. The summed E-state index contributed by atoms with van der Waals surface area (Å²) in [6.45, 7) is 4.17. The minimum absolute atomic E-state index is 0.450. The summed E-state index contributed by atoms with van der Waals surface area (Å²) >= 11 is 5.27. The summed E-state index contributed by atoms with van der Waals surface area (Å²) in [5, 5.41) is 3.28. The van der Waals surface area contributed by atoms with Gasteiger partial charge in [-0.15, -0.1) is 11.3 Å². The summed E-state index contributed by atoms with van der Waals surface area (Å²) in [6.07, 6.45) is 1.10. The Bertz CT molecular complexity index is 209. The molecule has 1 rings (SSSR count). The number of aromatic nitrogens is 1. The Labute approximate surface area is 73.6 Å². The van der Waals surface area contributed by atoms with Crippen LogP contribution >= 0.6 is 27.3 Å². The first-order valence-electron chi connectivity index (χ1n) is 3.30. The summed E-state index contributed by atoms with van der Waals surface area (Å²) in [5.74, 6) is 0. The maximum absolute atomic E-state index is 4.35. The number of halogens is 1. The highest BCUT2D eigenvalue weighted by Crippen LogP contribution is 2.28. The zero-order valence-corrected chi connectivity index (χ0v) is 8.50. The highest BCUT2D eigenvalue weighted by Gasteiger charge is 2.07. The molecular formula is C7H10BrNS. The van der Waals surface area contributed by atoms with Crippen molar-refractivity contribution in [1.29, 1.82) is 0 Å². The van der Waals surface area contributed by atoms with Crippen molar-refractivity contribution in [2.45, 2.75) is 25.1 Å². The first-order valence-corrected chi connectivity index (χ1v) is 5.09. The second-order valence-electron chi connectivity index (χ2n) is 2.20. The molecule has 56 valence electrons. The number of thiazole rings is 1. The van der Waals surface area contributed by atoms with Gasteiger partial charge in [-0.25, -0.2) is 4.98 Å². The maximum atomic E-state index is 4.35. The Hall–Kier alpha value is 0.110. The molecule has 1 unspecified atom stereocenters. The van der Waals surface area contributed by atoms with Crippen LogP contribution in [0.1, 0.15) is 28.9 Å². The van der Waals surface area contributed by atoms with Gasteiger partial charge in [0.05, 0.1) is 4.83 Å². The molecule has 1 aromatic rings. The topological polar surface area (TPSA) is 12.9 Å². The normalized spacial score (nSPS) is 13.5. The van der Waals surface area contributed by atoms with E-state index in [9.17, 15) is 0 Å². The van der Waals surface area contributed by atoms with Gasteiger partial charge >= 0.3 is 0 Å². The molecule has 0 aliphatic rings. The molecule has 1 heterocycles. The molecule has 1 aromatic heterocycles. The minimum atomic E-state index is 0.450. The monoisotopic (exact) mass is 219 g/mol. The third kappa shape index (κ3) is 1.80. The van der Waals surface area contributed by atoms with Gasteiger partial charge in [0, 0.05) is 11.1 Å². The highest BCUT2D eigenvalue weighted by molar-refractivity contribution is 9.09. The van der Waals surface area contributed by atoms with Crippen LogP contribution in [-0.4, -0.2) is 4.98 Å². The Morgan fingerprint density at radius 3 is 2.90 bits per heavy atom. The molecule has 0 aliphatic heterocycles. The Morgan fingerprint density at radius 1 is 1.80 bits per heavy atom. The number of hydrogen-bond donors (Lipinski definition) is 0. The Morgan fingerprint density at radius 2 is 2.50 bits per heavy atom. The lowest BCUT2D eigenvalue weighted by molar-refractivity contribution is 0.893. The van der Waals surface area contributed by atoms with Gasteiger partial charge in [0.1, 0.15) is 5.01 Å². The molecule has 0 amide bonds. The van der Waals surface area contributed by atoms with E-state index in [4.69, 9.17) is 0 Å². The van der Waals surface area contributed by atoms with Gasteiger partial charge in [0.15, 0.2) is 0 Å². The third-order valence-electron chi connectivity index (χ3n) is 1.26. The molecule has 10 heavy (non-hydrogen) atoms. The SMILES string of the molecule is CCC(Br)c1nc(C)cs1. The largest absolute Gasteiger partial charge is 0.245 e. The van der Waals surface area contributed by atoms with Gasteiger partial charge in [0.25, 0.3) is 0 Å². The summed E-state index contributed by atoms with van der Waals surface area (Å²) in [5.41, 5.74) is 1.12. The van der Waals surface area contributed by atoms with Crippen LogP contribution in [0.5, 0.6) is 0 Å². The molecular weight excluding hydrogens is 210 g/mol. The van der Waals surface area contributed by atoms with Crippen LogP contribution in [0.25, 0.3) is 0 Å². The molecule has 0 saturated carbocycles. The van der Waals surface area contributed by atoms with Crippen molar-refractivity contribution in [1.82, 2.24) is 4.98 Å². The van der Waals surface area contributed by atoms with E-state index < -0.39 is 0 Å². The molecule has 0 radical (unpaired) electrons. The fourth-order valence-corrected chi connectivity index (χ4v) is 1.97. The molecule has 0 N–H and O–H groups in total. The molecule has 0 fully saturated rings. The van der Waals surface area contributed by atoms with Crippen molar-refractivity contribution in [2.75, 3.05) is 0 Å². The van der Waals surface area contributed by atoms with Crippen LogP contribution in [0.4, 0.5) is 0 Å². The highest BCUT2D eigenvalue weighted by atomic mass is 79.9. The average Bonchev–Trinajstić information content (AvgIpc) is 2.34. The molecule has 0 aliphatic carbocycles. The number of alkyl halides is 1. The van der Waals surface area contributed by atoms with E-state index in [0.29, 0.717) is 4.83 Å². The van der Waals surface area contributed by atoms with E-state index in [0.717, 1.165) is 12.1 Å². The van der Waals surface area contributed by atoms with Gasteiger partial charge < -0.3 is 0 Å². The molecule has 1 nitrogen and oxygen atoms in total. The van der Waals surface area contributed by atoms with Gasteiger partial charge in [0.2, 0.25) is 0 Å². The number of hydrogen-bond acceptors (Lipinski definition) is 2. The van der Waals surface area contributed by atoms with Crippen molar-refractivity contribution in [3.05, 3.63) is 16.1 Å². The lowest BCUT2D eigenvalue weighted by Gasteiger charge is -1.98. The predicted octanol–water partition coefficient (Wildman–Crippen LogP) is 3.30. The zero-order chi connectivity index (χ0) is 7.56. The first kappa shape index (κ1) is 8.21. The van der Waals surface area contributed by atoms with E-state index >= 15 is 0 Å². The lowest BCUT2D eigenvalue weighted by atomic mass is 10.3. The quantitative estimate of drug-likeness (QED) is 0.697. The zero-order valence-electron chi connectivity index (χ0n) is 6.10. The number of nitrogens with zero attached hydrogens (tertiary/aromatic N) is 1. The fourth-order valence-electron chi connectivity index (χ4n) is 0.691. The van der Waals surface area contributed by atoms with Crippen LogP contribution < -0.4 is 0 Å². The van der Waals surface area contributed by atoms with E-state index in [2.05, 4.69) is 33.2 Å². The van der Waals surface area contributed by atoms with Crippen LogP contribution in [0.3, 0.4) is 0 Å². The summed E-state index contributed by atoms with van der Waals surface area (Å²) in [4.78, 5) is 4.80. The maximum Gasteiger partial charge on any atom is 0.106 e. The Kier molecular flexibility index (Phi) is 2.86. The van der Waals surface area contributed by atoms with E-state index in [1.807, 2.05) is 6.92 Å². The van der Waals surface area contributed by atoms with Crippen LogP contribution in [-0.2, 0) is 0 Å². The van der Waals surface area contributed by atoms with Crippen molar-refractivity contribution in [3.8, 4) is 0 Å². The molecule has 0 spiro atoms. The predicted molar refractivity (Wildman–Crippen MR) is 48.8 cm³/mol. The molecule has 3 heteroatoms. The summed E-state index contributed by atoms with van der Waals surface area (Å²) in [7, 11) is 0. The number of rotatable bonds is 2. The Balaban J connectivity index is 2.74. The van der Waals surface area contributed by atoms with Crippen molar-refractivity contribution in [2.24, 2.45) is 0 Å². The van der Waals surface area contributed by atoms with E-state index in [1.54, 1.807) is 11.3 Å². The molecule has 1 atom stereocenters. The second kappa shape index (κ2) is 3.49. The van der Waals surface area contributed by atoms with Crippen molar-refractivity contribution < 1.29 is 0 Å². The summed E-state index contributed by atoms with van der Waals surface area (Å²) in [6, 6.07) is 0. The van der Waals surface area contributed by atoms with Crippen LogP contribution in [0.15, 0.2) is 5.38 Å². The minimum Gasteiger partial charge on any atom is -0.245 e. The summed E-state index contributed by atoms with van der Waals surface area (Å²) < 4.78 is 0. The first-order chi connectivity index (χ1) is 4.74. The van der Waals surface area contributed by atoms with Gasteiger partial charge in [-0.2, -0.15) is 0 Å². The fraction of sp³-hybridized carbons (Fsp3) is 0.571. The molecule has 0 saturated heterocycles. The van der Waals surface area contributed by atoms with E-state index in [-0.39, 0.29) is 0 Å². The van der Waals surface area contributed by atoms with Gasteiger partial charge in [-0.05, 0) is 13.3 Å². The van der Waals surface area contributed by atoms with Crippen LogP contribution in [0.2, 0.25) is 0 Å². The van der Waals surface area contributed by atoms with Crippen molar-refractivity contribution >= 4 is 27.3 Å². The lowest BCUT2D eigenvalue weighted by Crippen LogP contribution is -1.85. The van der Waals surface area contributed by atoms with Gasteiger partial charge in [-0.1, -0.05) is 22.9 Å². The molecule has 0 aromatic carbocycles. The average molecular weight is 220 g/mol. The standard InChI is InChI=1S/C7H10BrNS/c1-3-6(8)7-9-5(2)4-10-7/h4,6H,3H2,1-2H3. The van der Waals surface area contributed by atoms with E-state index in [1.165, 1.54) is 5.01 Å². The van der Waals surface area contributed by atoms with Crippen LogP contribution in [0, 0.1) is 6.92 Å². The van der Waals surface area contributed by atoms with Crippen molar-refractivity contribution in [3.63, 3.8) is 0 Å². The third-order valence-corrected chi connectivity index (χ3v) is 3.72. The molecule has 0 bridgehead atoms. The number of aryl methyl sites for hydroxylation is 1. The van der Waals surface area contributed by atoms with Gasteiger partial charge in [-0.3, -0.25) is 0 Å². The second-order valence-corrected chi connectivity index (χ2v) is 4.20.